The van der Waals surface area contributed by atoms with Gasteiger partial charge >= 0.3 is 0 Å². The molecule has 1 rings (SSSR count). The molecule has 0 unspecified atom stereocenters. The maximum absolute atomic E-state index is 7.13. The first kappa shape index (κ1) is 8.56. The van der Waals surface area contributed by atoms with Crippen LogP contribution in [0.1, 0.15) is 5.56 Å². The van der Waals surface area contributed by atoms with Gasteiger partial charge in [-0.1, -0.05) is 27.5 Å². The Kier molecular flexibility index (Phi) is 2.52. The van der Waals surface area contributed by atoms with Crippen molar-refractivity contribution in [1.29, 1.82) is 5.41 Å². The fraction of sp³-hybridized carbons (Fsp3) is 0. The highest BCUT2D eigenvalue weighted by atomic mass is 79.9. The van der Waals surface area contributed by atoms with Crippen LogP contribution >= 0.6 is 27.5 Å². The van der Waals surface area contributed by atoms with Crippen molar-refractivity contribution in [3.63, 3.8) is 0 Å². The third-order valence-corrected chi connectivity index (χ3v) is 1.85. The summed E-state index contributed by atoms with van der Waals surface area (Å²) >= 11 is 8.96. The molecule has 4 heteroatoms. The molecule has 1 aromatic carbocycles. The van der Waals surface area contributed by atoms with E-state index in [1.54, 1.807) is 18.2 Å². The van der Waals surface area contributed by atoms with E-state index in [4.69, 9.17) is 22.7 Å². The minimum absolute atomic E-state index is 0.0215. The second kappa shape index (κ2) is 3.24. The van der Waals surface area contributed by atoms with Gasteiger partial charge in [0.1, 0.15) is 5.84 Å². The van der Waals surface area contributed by atoms with E-state index in [1.807, 2.05) is 0 Å². The van der Waals surface area contributed by atoms with Gasteiger partial charge in [0.2, 0.25) is 0 Å². The van der Waals surface area contributed by atoms with Gasteiger partial charge in [-0.25, -0.2) is 0 Å². The highest BCUT2D eigenvalue weighted by Crippen LogP contribution is 2.18. The number of rotatable bonds is 1. The van der Waals surface area contributed by atoms with E-state index in [1.165, 1.54) is 0 Å². The van der Waals surface area contributed by atoms with Gasteiger partial charge < -0.3 is 5.73 Å². The summed E-state index contributed by atoms with van der Waals surface area (Å²) in [6.07, 6.45) is 0. The molecule has 0 aliphatic heterocycles. The van der Waals surface area contributed by atoms with Crippen molar-refractivity contribution in [2.75, 3.05) is 0 Å². The van der Waals surface area contributed by atoms with Gasteiger partial charge in [-0.3, -0.25) is 5.41 Å². The van der Waals surface area contributed by atoms with Crippen molar-refractivity contribution in [3.05, 3.63) is 33.3 Å². The fourth-order valence-corrected chi connectivity index (χ4v) is 1.57. The molecule has 0 saturated heterocycles. The Morgan fingerprint density at radius 2 is 2.09 bits per heavy atom. The molecular weight excluding hydrogens is 227 g/mol. The topological polar surface area (TPSA) is 49.9 Å². The smallest absolute Gasteiger partial charge is 0.122 e. The van der Waals surface area contributed by atoms with Crippen molar-refractivity contribution in [3.8, 4) is 0 Å². The maximum Gasteiger partial charge on any atom is 0.122 e. The lowest BCUT2D eigenvalue weighted by Crippen LogP contribution is -2.10. The highest BCUT2D eigenvalue weighted by molar-refractivity contribution is 9.10. The van der Waals surface area contributed by atoms with E-state index >= 15 is 0 Å². The molecule has 0 spiro atoms. The molecule has 3 N–H and O–H groups in total. The summed E-state index contributed by atoms with van der Waals surface area (Å²) in [5, 5.41) is 7.70. The molecular formula is C7H6BrClN2. The van der Waals surface area contributed by atoms with Gasteiger partial charge in [0, 0.05) is 15.1 Å². The average molecular weight is 233 g/mol. The second-order valence-corrected chi connectivity index (χ2v) is 3.42. The minimum Gasteiger partial charge on any atom is -0.384 e. The molecule has 0 aliphatic carbocycles. The van der Waals surface area contributed by atoms with E-state index in [0.717, 1.165) is 4.47 Å². The fourth-order valence-electron chi connectivity index (χ4n) is 0.709. The first-order valence-electron chi connectivity index (χ1n) is 2.90. The molecule has 0 heterocycles. The highest BCUT2D eigenvalue weighted by Gasteiger charge is 1.99. The summed E-state index contributed by atoms with van der Waals surface area (Å²) in [6, 6.07) is 5.14. The Morgan fingerprint density at radius 3 is 2.55 bits per heavy atom. The standard InChI is InChI=1S/C7H6BrClN2/c8-5-1-4(7(10)11)2-6(9)3-5/h1-3H,(H3,10,11). The van der Waals surface area contributed by atoms with Gasteiger partial charge in [-0.15, -0.1) is 0 Å². The Labute approximate surface area is 78.0 Å². The van der Waals surface area contributed by atoms with Crippen LogP contribution in [-0.2, 0) is 0 Å². The Bertz CT molecular complexity index is 278. The van der Waals surface area contributed by atoms with Crippen molar-refractivity contribution < 1.29 is 0 Å². The van der Waals surface area contributed by atoms with Crippen LogP contribution in [0.25, 0.3) is 0 Å². The monoisotopic (exact) mass is 232 g/mol. The van der Waals surface area contributed by atoms with Gasteiger partial charge in [-0.05, 0) is 18.2 Å². The van der Waals surface area contributed by atoms with Crippen LogP contribution in [0, 0.1) is 5.41 Å². The SMILES string of the molecule is N=C(N)c1cc(Cl)cc(Br)c1. The number of amidine groups is 1. The van der Waals surface area contributed by atoms with Gasteiger partial charge in [-0.2, -0.15) is 0 Å². The Hall–Kier alpha value is -0.540. The zero-order valence-corrected chi connectivity index (χ0v) is 7.91. The zero-order chi connectivity index (χ0) is 8.43. The molecule has 0 amide bonds. The number of nitrogens with two attached hydrogens (primary N) is 1. The lowest BCUT2D eigenvalue weighted by Gasteiger charge is -1.99. The summed E-state index contributed by atoms with van der Waals surface area (Å²) in [7, 11) is 0. The quantitative estimate of drug-likeness (QED) is 0.568. The minimum atomic E-state index is 0.0215. The van der Waals surface area contributed by atoms with Crippen LogP contribution in [0.3, 0.4) is 0 Å². The predicted octanol–water partition coefficient (Wildman–Crippen LogP) is 2.39. The van der Waals surface area contributed by atoms with Crippen LogP contribution in [-0.4, -0.2) is 5.84 Å². The van der Waals surface area contributed by atoms with E-state index in [-0.39, 0.29) is 5.84 Å². The number of hydrogen-bond acceptors (Lipinski definition) is 1. The summed E-state index contributed by atoms with van der Waals surface area (Å²) in [5.74, 6) is 0.0215. The van der Waals surface area contributed by atoms with Gasteiger partial charge in [0.15, 0.2) is 0 Å². The molecule has 0 radical (unpaired) electrons. The molecule has 0 aromatic heterocycles. The molecule has 0 bridgehead atoms. The largest absolute Gasteiger partial charge is 0.384 e. The van der Waals surface area contributed by atoms with Crippen LogP contribution in [0.2, 0.25) is 5.02 Å². The normalized spacial score (nSPS) is 9.64. The Morgan fingerprint density at radius 1 is 1.45 bits per heavy atom. The molecule has 0 aliphatic rings. The first-order chi connectivity index (χ1) is 5.09. The maximum atomic E-state index is 7.13. The Balaban J connectivity index is 3.19. The first-order valence-corrected chi connectivity index (χ1v) is 4.07. The van der Waals surface area contributed by atoms with Crippen molar-refractivity contribution >= 4 is 33.4 Å². The van der Waals surface area contributed by atoms with E-state index in [0.29, 0.717) is 10.6 Å². The van der Waals surface area contributed by atoms with Crippen molar-refractivity contribution in [2.45, 2.75) is 0 Å². The second-order valence-electron chi connectivity index (χ2n) is 2.07. The predicted molar refractivity (Wildman–Crippen MR) is 50.2 cm³/mol. The lowest BCUT2D eigenvalue weighted by molar-refractivity contribution is 1.42. The summed E-state index contributed by atoms with van der Waals surface area (Å²) in [6.45, 7) is 0. The number of hydrogen-bond donors (Lipinski definition) is 2. The number of nitrogen functional groups attached to an aromatic ring is 1. The lowest BCUT2D eigenvalue weighted by atomic mass is 10.2. The van der Waals surface area contributed by atoms with E-state index in [2.05, 4.69) is 15.9 Å². The van der Waals surface area contributed by atoms with Crippen molar-refractivity contribution in [1.82, 2.24) is 0 Å². The molecule has 2 nitrogen and oxygen atoms in total. The molecule has 58 valence electrons. The van der Waals surface area contributed by atoms with Gasteiger partial charge in [0.05, 0.1) is 0 Å². The van der Waals surface area contributed by atoms with Gasteiger partial charge in [0.25, 0.3) is 0 Å². The third kappa shape index (κ3) is 2.20. The number of nitrogens with one attached hydrogen (secondary N) is 1. The van der Waals surface area contributed by atoms with E-state index in [9.17, 15) is 0 Å². The molecule has 0 saturated carbocycles. The molecule has 0 fully saturated rings. The third-order valence-electron chi connectivity index (χ3n) is 1.17. The molecule has 11 heavy (non-hydrogen) atoms. The van der Waals surface area contributed by atoms with Crippen LogP contribution in [0.15, 0.2) is 22.7 Å². The average Bonchev–Trinajstić information content (AvgIpc) is 1.85. The summed E-state index contributed by atoms with van der Waals surface area (Å²) in [5.41, 5.74) is 5.88. The molecule has 1 aromatic rings. The zero-order valence-electron chi connectivity index (χ0n) is 5.57. The van der Waals surface area contributed by atoms with Crippen molar-refractivity contribution in [2.24, 2.45) is 5.73 Å². The summed E-state index contributed by atoms with van der Waals surface area (Å²) < 4.78 is 0.829. The van der Waals surface area contributed by atoms with Crippen LogP contribution in [0.4, 0.5) is 0 Å². The summed E-state index contributed by atoms with van der Waals surface area (Å²) in [4.78, 5) is 0. The van der Waals surface area contributed by atoms with E-state index < -0.39 is 0 Å². The van der Waals surface area contributed by atoms with Crippen LogP contribution in [0.5, 0.6) is 0 Å². The van der Waals surface area contributed by atoms with Crippen LogP contribution < -0.4 is 5.73 Å². The number of halogens is 2. The number of benzene rings is 1. The molecule has 0 atom stereocenters.